The molecule has 0 fully saturated rings. The first-order valence-electron chi connectivity index (χ1n) is 23.0. The van der Waals surface area contributed by atoms with Crippen molar-refractivity contribution < 1.29 is 10.2 Å². The van der Waals surface area contributed by atoms with Crippen molar-refractivity contribution in [2.24, 2.45) is 0 Å². The van der Waals surface area contributed by atoms with Gasteiger partial charge in [0.15, 0.2) is 0 Å². The van der Waals surface area contributed by atoms with Crippen molar-refractivity contribution in [2.75, 3.05) is 11.1 Å². The Hall–Kier alpha value is -8.34. The average molecular weight is 939 g/mol. The molecule has 10 rings (SSSR count). The zero-order valence-corrected chi connectivity index (χ0v) is 40.0. The zero-order valence-electron chi connectivity index (χ0n) is 40.0. The SMILES string of the molecule is CC(C)(O)CCc1ccccc1.Cc1cc(-n2ccnc2)cc2[nH]c(-c3c(N)cc[nH]c3=O)nc12.Cc1cc(-n2ccnc2)cc2[nH]c(-c3c(N[C@H](Cc4ccccc4)C(C)(C)O)cc[nH]c3=O)nc12. The molecule has 0 saturated carbocycles. The smallest absolute Gasteiger partial charge is 0.261 e. The van der Waals surface area contributed by atoms with Gasteiger partial charge in [-0.25, -0.2) is 19.9 Å². The molecule has 1 atom stereocenters. The summed E-state index contributed by atoms with van der Waals surface area (Å²) < 4.78 is 3.84. The van der Waals surface area contributed by atoms with Gasteiger partial charge >= 0.3 is 0 Å². The molecule has 16 nitrogen and oxygen atoms in total. The normalized spacial score (nSPS) is 12.0. The van der Waals surface area contributed by atoms with Crippen molar-refractivity contribution in [2.45, 2.75) is 78.0 Å². The van der Waals surface area contributed by atoms with Gasteiger partial charge in [-0.3, -0.25) is 9.59 Å². The number of benzene rings is 4. The van der Waals surface area contributed by atoms with Gasteiger partial charge in [0.25, 0.3) is 11.1 Å². The summed E-state index contributed by atoms with van der Waals surface area (Å²) in [6.45, 7) is 11.2. The first-order chi connectivity index (χ1) is 33.5. The fraction of sp³-hybridized carbons (Fsp3) is 0.222. The second-order valence-electron chi connectivity index (χ2n) is 18.5. The summed E-state index contributed by atoms with van der Waals surface area (Å²) in [7, 11) is 0. The first kappa shape index (κ1) is 48.1. The Morgan fingerprint density at radius 1 is 0.671 bits per heavy atom. The molecule has 0 aliphatic carbocycles. The number of imidazole rings is 4. The number of aliphatic hydroxyl groups is 2. The Kier molecular flexibility index (Phi) is 14.1. The summed E-state index contributed by atoms with van der Waals surface area (Å²) >= 11 is 0. The van der Waals surface area contributed by atoms with Crippen LogP contribution in [0.2, 0.25) is 0 Å². The van der Waals surface area contributed by atoms with E-state index in [4.69, 9.17) is 10.7 Å². The van der Waals surface area contributed by atoms with Gasteiger partial charge in [0.1, 0.15) is 22.8 Å². The van der Waals surface area contributed by atoms with Crippen molar-refractivity contribution in [3.05, 3.63) is 190 Å². The average Bonchev–Trinajstić information content (AvgIpc) is 4.17. The lowest BCUT2D eigenvalue weighted by Gasteiger charge is -2.31. The quantitative estimate of drug-likeness (QED) is 0.0581. The second-order valence-corrected chi connectivity index (χ2v) is 18.5. The number of nitrogen functional groups attached to an aromatic ring is 1. The number of pyridine rings is 2. The van der Waals surface area contributed by atoms with E-state index < -0.39 is 11.2 Å². The van der Waals surface area contributed by atoms with E-state index in [1.165, 1.54) is 11.8 Å². The van der Waals surface area contributed by atoms with Gasteiger partial charge in [-0.1, -0.05) is 60.7 Å². The molecule has 0 amide bonds. The number of nitrogens with two attached hydrogens (primary N) is 1. The van der Waals surface area contributed by atoms with Gasteiger partial charge in [0.05, 0.1) is 57.7 Å². The number of fused-ring (bicyclic) bond motifs is 2. The van der Waals surface area contributed by atoms with Crippen molar-refractivity contribution in [1.29, 1.82) is 0 Å². The maximum Gasteiger partial charge on any atom is 0.261 e. The fourth-order valence-electron chi connectivity index (χ4n) is 8.08. The third-order valence-corrected chi connectivity index (χ3v) is 11.9. The van der Waals surface area contributed by atoms with Crippen molar-refractivity contribution >= 4 is 33.4 Å². The highest BCUT2D eigenvalue weighted by atomic mass is 16.3. The monoisotopic (exact) mass is 938 g/mol. The molecule has 10 aromatic rings. The van der Waals surface area contributed by atoms with E-state index in [1.807, 2.05) is 122 Å². The van der Waals surface area contributed by atoms with Crippen LogP contribution >= 0.6 is 0 Å². The number of H-pyrrole nitrogens is 4. The highest BCUT2D eigenvalue weighted by molar-refractivity contribution is 5.87. The predicted molar refractivity (Wildman–Crippen MR) is 277 cm³/mol. The standard InChI is InChI=1S/C27H28N6O2.C16H14N6O.C11H16O/c1-17-13-19(33-12-11-28-16-33)15-21-24(17)32-25(31-21)23-20(9-10-29-26(23)34)30-22(27(2,3)35)14-18-7-5-4-6-8-18;1-9-6-10(22-5-4-18-8-22)7-12-14(9)21-15(20-12)13-11(17)2-3-19-16(13)23;1-11(2,12)9-8-10-6-4-3-5-7-10/h4-13,15-16,22,35H,14H2,1-3H3,(H,31,32)(H2,29,30,34);2-8H,1H3,(H,20,21)(H3,17,19,23);3-7,12H,8-9H2,1-2H3/t22-;;/m1../s1. The van der Waals surface area contributed by atoms with Crippen LogP contribution in [-0.4, -0.2) is 76.5 Å². The number of hydrogen-bond donors (Lipinski definition) is 8. The van der Waals surface area contributed by atoms with E-state index >= 15 is 0 Å². The third-order valence-electron chi connectivity index (χ3n) is 11.9. The molecule has 6 heterocycles. The van der Waals surface area contributed by atoms with Crippen LogP contribution in [0, 0.1) is 13.8 Å². The Morgan fingerprint density at radius 2 is 1.17 bits per heavy atom. The van der Waals surface area contributed by atoms with Crippen molar-refractivity contribution in [3.8, 4) is 34.2 Å². The van der Waals surface area contributed by atoms with E-state index in [1.54, 1.807) is 57.2 Å². The van der Waals surface area contributed by atoms with Crippen LogP contribution in [0.3, 0.4) is 0 Å². The molecule has 0 radical (unpaired) electrons. The van der Waals surface area contributed by atoms with Crippen LogP contribution in [0.5, 0.6) is 0 Å². The first-order valence-corrected chi connectivity index (χ1v) is 23.0. The predicted octanol–water partition coefficient (Wildman–Crippen LogP) is 8.59. The van der Waals surface area contributed by atoms with Gasteiger partial charge in [-0.05, 0) is 119 Å². The summed E-state index contributed by atoms with van der Waals surface area (Å²) in [5.41, 5.74) is 15.1. The lowest BCUT2D eigenvalue weighted by Crippen LogP contribution is -2.43. The highest BCUT2D eigenvalue weighted by Gasteiger charge is 2.29. The van der Waals surface area contributed by atoms with Crippen LogP contribution in [0.15, 0.2) is 156 Å². The van der Waals surface area contributed by atoms with E-state index in [2.05, 4.69) is 52.3 Å². The van der Waals surface area contributed by atoms with Crippen LogP contribution in [0.1, 0.15) is 56.4 Å². The summed E-state index contributed by atoms with van der Waals surface area (Å²) in [6.07, 6.45) is 16.2. The number of aromatic nitrogens is 10. The van der Waals surface area contributed by atoms with Gasteiger partial charge in [-0.15, -0.1) is 0 Å². The van der Waals surface area contributed by atoms with Gasteiger partial charge in [-0.2, -0.15) is 0 Å². The molecule has 0 aliphatic rings. The topological polar surface area (TPSA) is 237 Å². The minimum atomic E-state index is -1.04. The van der Waals surface area contributed by atoms with E-state index in [0.29, 0.717) is 40.6 Å². The minimum Gasteiger partial charge on any atom is -0.398 e. The van der Waals surface area contributed by atoms with E-state index in [-0.39, 0.29) is 17.2 Å². The Bertz CT molecular complexity index is 3430. The third kappa shape index (κ3) is 11.5. The van der Waals surface area contributed by atoms with Gasteiger partial charge < -0.3 is 50.3 Å². The highest BCUT2D eigenvalue weighted by Crippen LogP contribution is 2.30. The maximum atomic E-state index is 13.0. The molecule has 0 bridgehead atoms. The Labute approximate surface area is 404 Å². The molecule has 70 heavy (non-hydrogen) atoms. The van der Waals surface area contributed by atoms with Crippen LogP contribution in [0.25, 0.3) is 56.2 Å². The molecule has 358 valence electrons. The van der Waals surface area contributed by atoms with Crippen LogP contribution < -0.4 is 22.2 Å². The van der Waals surface area contributed by atoms with Gasteiger partial charge in [0, 0.05) is 54.2 Å². The second kappa shape index (κ2) is 20.5. The summed E-state index contributed by atoms with van der Waals surface area (Å²) in [5.74, 6) is 0.926. The van der Waals surface area contributed by atoms with E-state index in [9.17, 15) is 19.8 Å². The molecular formula is C54H58N12O4. The molecule has 0 spiro atoms. The maximum absolute atomic E-state index is 13.0. The van der Waals surface area contributed by atoms with Crippen molar-refractivity contribution in [3.63, 3.8) is 0 Å². The summed E-state index contributed by atoms with van der Waals surface area (Å²) in [6, 6.07) is 31.3. The number of rotatable bonds is 12. The number of hydrogen-bond acceptors (Lipinski definition) is 10. The number of nitrogens with zero attached hydrogens (tertiary/aromatic N) is 6. The molecule has 0 aliphatic heterocycles. The molecule has 4 aromatic carbocycles. The molecule has 0 unspecified atom stereocenters. The molecule has 6 aromatic heterocycles. The van der Waals surface area contributed by atoms with Crippen LogP contribution in [0.4, 0.5) is 11.4 Å². The van der Waals surface area contributed by atoms with E-state index in [0.717, 1.165) is 63.0 Å². The van der Waals surface area contributed by atoms with Crippen LogP contribution in [-0.2, 0) is 12.8 Å². The molecule has 9 N–H and O–H groups in total. The number of anilines is 2. The number of nitrogens with one attached hydrogen (secondary N) is 5. The van der Waals surface area contributed by atoms with Crippen molar-refractivity contribution in [1.82, 2.24) is 49.0 Å². The largest absolute Gasteiger partial charge is 0.398 e. The number of aryl methyl sites for hydroxylation is 3. The lowest BCUT2D eigenvalue weighted by atomic mass is 9.92. The fourth-order valence-corrected chi connectivity index (χ4v) is 8.08. The summed E-state index contributed by atoms with van der Waals surface area (Å²) in [5, 5.41) is 23.8. The molecule has 0 saturated heterocycles. The Morgan fingerprint density at radius 3 is 1.66 bits per heavy atom. The lowest BCUT2D eigenvalue weighted by molar-refractivity contribution is 0.0592. The molecule has 16 heteroatoms. The molecular weight excluding hydrogens is 881 g/mol. The number of aromatic amines is 4. The van der Waals surface area contributed by atoms with Gasteiger partial charge in [0.2, 0.25) is 0 Å². The zero-order chi connectivity index (χ0) is 49.6. The summed E-state index contributed by atoms with van der Waals surface area (Å²) in [4.78, 5) is 54.5. The Balaban J connectivity index is 0.000000160. The minimum absolute atomic E-state index is 0.267.